The van der Waals surface area contributed by atoms with E-state index in [1.54, 1.807) is 6.33 Å². The van der Waals surface area contributed by atoms with Gasteiger partial charge in [-0.25, -0.2) is 9.67 Å². The summed E-state index contributed by atoms with van der Waals surface area (Å²) in [7, 11) is 0. The highest BCUT2D eigenvalue weighted by molar-refractivity contribution is 4.85. The van der Waals surface area contributed by atoms with Gasteiger partial charge in [0.25, 0.3) is 0 Å². The topological polar surface area (TPSA) is 66.0 Å². The van der Waals surface area contributed by atoms with Crippen molar-refractivity contribution in [1.82, 2.24) is 14.8 Å². The summed E-state index contributed by atoms with van der Waals surface area (Å²) in [4.78, 5) is 4.23. The summed E-state index contributed by atoms with van der Waals surface area (Å²) in [6.07, 6.45) is 6.34. The molecule has 0 aliphatic heterocycles. The van der Waals surface area contributed by atoms with Crippen LogP contribution in [0.15, 0.2) is 6.33 Å². The highest BCUT2D eigenvalue weighted by atomic mass is 16.5. The summed E-state index contributed by atoms with van der Waals surface area (Å²) in [5.41, 5.74) is 6.05. The standard InChI is InChI=1S/C12H22N4O/c1-9(2)16-12(14-8-15-16)7-17-11-6-4-3-5-10(11)13/h8-11H,3-7,13H2,1-2H3. The summed E-state index contributed by atoms with van der Waals surface area (Å²) in [5.74, 6) is 0.887. The number of nitrogens with zero attached hydrogens (tertiary/aromatic N) is 3. The molecule has 96 valence electrons. The van der Waals surface area contributed by atoms with Crippen LogP contribution in [0.3, 0.4) is 0 Å². The highest BCUT2D eigenvalue weighted by Gasteiger charge is 2.23. The number of hydrogen-bond donors (Lipinski definition) is 1. The number of aromatic nitrogens is 3. The van der Waals surface area contributed by atoms with Crippen LogP contribution in [0.1, 0.15) is 51.4 Å². The zero-order valence-corrected chi connectivity index (χ0v) is 10.7. The number of hydrogen-bond acceptors (Lipinski definition) is 4. The molecule has 2 N–H and O–H groups in total. The van der Waals surface area contributed by atoms with Gasteiger partial charge in [-0.1, -0.05) is 12.8 Å². The summed E-state index contributed by atoms with van der Waals surface area (Å²) in [6, 6.07) is 0.496. The van der Waals surface area contributed by atoms with E-state index in [2.05, 4.69) is 23.9 Å². The van der Waals surface area contributed by atoms with E-state index in [0.29, 0.717) is 12.6 Å². The van der Waals surface area contributed by atoms with Gasteiger partial charge in [0.2, 0.25) is 0 Å². The first kappa shape index (κ1) is 12.5. The van der Waals surface area contributed by atoms with Crippen LogP contribution in [0.2, 0.25) is 0 Å². The Bertz CT molecular complexity index is 350. The van der Waals surface area contributed by atoms with Crippen LogP contribution >= 0.6 is 0 Å². The number of rotatable bonds is 4. The van der Waals surface area contributed by atoms with Gasteiger partial charge in [0.05, 0.1) is 6.10 Å². The summed E-state index contributed by atoms with van der Waals surface area (Å²) >= 11 is 0. The van der Waals surface area contributed by atoms with Crippen molar-refractivity contribution in [1.29, 1.82) is 0 Å². The van der Waals surface area contributed by atoms with E-state index in [-0.39, 0.29) is 12.1 Å². The van der Waals surface area contributed by atoms with E-state index in [1.807, 2.05) is 4.68 Å². The number of ether oxygens (including phenoxy) is 1. The summed E-state index contributed by atoms with van der Waals surface area (Å²) in [6.45, 7) is 4.69. The zero-order chi connectivity index (χ0) is 12.3. The molecular weight excluding hydrogens is 216 g/mol. The first-order chi connectivity index (χ1) is 8.18. The Balaban J connectivity index is 1.90. The van der Waals surface area contributed by atoms with Crippen LogP contribution in [0, 0.1) is 0 Å². The lowest BCUT2D eigenvalue weighted by Gasteiger charge is -2.28. The lowest BCUT2D eigenvalue weighted by Crippen LogP contribution is -2.39. The third-order valence-corrected chi connectivity index (χ3v) is 3.32. The van der Waals surface area contributed by atoms with Crippen molar-refractivity contribution in [3.63, 3.8) is 0 Å². The van der Waals surface area contributed by atoms with Crippen LogP contribution in [0.4, 0.5) is 0 Å². The first-order valence-corrected chi connectivity index (χ1v) is 6.44. The van der Waals surface area contributed by atoms with Crippen LogP contribution in [0.25, 0.3) is 0 Å². The smallest absolute Gasteiger partial charge is 0.153 e. The third-order valence-electron chi connectivity index (χ3n) is 3.32. The van der Waals surface area contributed by atoms with Crippen molar-refractivity contribution in [2.45, 2.75) is 64.3 Å². The fourth-order valence-corrected chi connectivity index (χ4v) is 2.32. The molecule has 1 heterocycles. The monoisotopic (exact) mass is 238 g/mol. The lowest BCUT2D eigenvalue weighted by molar-refractivity contribution is -0.000918. The molecule has 0 amide bonds. The predicted octanol–water partition coefficient (Wildman–Crippen LogP) is 1.65. The Morgan fingerprint density at radius 2 is 2.24 bits per heavy atom. The van der Waals surface area contributed by atoms with E-state index >= 15 is 0 Å². The minimum absolute atomic E-state index is 0.180. The van der Waals surface area contributed by atoms with Crippen molar-refractivity contribution in [2.75, 3.05) is 0 Å². The van der Waals surface area contributed by atoms with Crippen LogP contribution < -0.4 is 5.73 Å². The average molecular weight is 238 g/mol. The van der Waals surface area contributed by atoms with E-state index in [4.69, 9.17) is 10.5 Å². The van der Waals surface area contributed by atoms with Gasteiger partial charge >= 0.3 is 0 Å². The van der Waals surface area contributed by atoms with Crippen molar-refractivity contribution in [3.8, 4) is 0 Å². The summed E-state index contributed by atoms with van der Waals surface area (Å²) < 4.78 is 7.78. The van der Waals surface area contributed by atoms with Crippen LogP contribution in [-0.4, -0.2) is 26.9 Å². The average Bonchev–Trinajstić information content (AvgIpc) is 2.76. The molecule has 2 rings (SSSR count). The molecule has 0 saturated heterocycles. The maximum atomic E-state index is 6.05. The molecular formula is C12H22N4O. The van der Waals surface area contributed by atoms with E-state index in [9.17, 15) is 0 Å². The second-order valence-corrected chi connectivity index (χ2v) is 5.01. The van der Waals surface area contributed by atoms with Gasteiger partial charge in [0, 0.05) is 12.1 Å². The SMILES string of the molecule is CC(C)n1ncnc1COC1CCCCC1N. The second-order valence-electron chi connectivity index (χ2n) is 5.01. The van der Waals surface area contributed by atoms with E-state index < -0.39 is 0 Å². The molecule has 1 aromatic heterocycles. The van der Waals surface area contributed by atoms with Crippen molar-refractivity contribution in [3.05, 3.63) is 12.2 Å². The molecule has 0 spiro atoms. The molecule has 2 unspecified atom stereocenters. The van der Waals surface area contributed by atoms with Crippen LogP contribution in [0.5, 0.6) is 0 Å². The van der Waals surface area contributed by atoms with Gasteiger partial charge in [-0.3, -0.25) is 0 Å². The molecule has 5 nitrogen and oxygen atoms in total. The maximum absolute atomic E-state index is 6.05. The van der Waals surface area contributed by atoms with Crippen LogP contribution in [-0.2, 0) is 11.3 Å². The lowest BCUT2D eigenvalue weighted by atomic mass is 9.93. The zero-order valence-electron chi connectivity index (χ0n) is 10.7. The molecule has 5 heteroatoms. The van der Waals surface area contributed by atoms with E-state index in [1.165, 1.54) is 12.8 Å². The van der Waals surface area contributed by atoms with Crippen molar-refractivity contribution >= 4 is 0 Å². The second kappa shape index (κ2) is 5.60. The third kappa shape index (κ3) is 3.04. The molecule has 0 radical (unpaired) electrons. The van der Waals surface area contributed by atoms with Crippen molar-refractivity contribution in [2.24, 2.45) is 5.73 Å². The highest BCUT2D eigenvalue weighted by Crippen LogP contribution is 2.20. The van der Waals surface area contributed by atoms with Gasteiger partial charge in [0.1, 0.15) is 12.9 Å². The first-order valence-electron chi connectivity index (χ1n) is 6.44. The predicted molar refractivity (Wildman–Crippen MR) is 65.4 cm³/mol. The molecule has 1 aromatic rings. The molecule has 1 fully saturated rings. The summed E-state index contributed by atoms with van der Waals surface area (Å²) in [5, 5.41) is 4.19. The molecule has 17 heavy (non-hydrogen) atoms. The Morgan fingerprint density at radius 3 is 2.94 bits per heavy atom. The Labute approximate surface area is 102 Å². The fraction of sp³-hybridized carbons (Fsp3) is 0.833. The molecule has 0 bridgehead atoms. The van der Waals surface area contributed by atoms with Gasteiger partial charge < -0.3 is 10.5 Å². The number of nitrogens with two attached hydrogens (primary N) is 1. The minimum atomic E-state index is 0.180. The Hall–Kier alpha value is -0.940. The molecule has 2 atom stereocenters. The molecule has 1 saturated carbocycles. The van der Waals surface area contributed by atoms with Gasteiger partial charge in [-0.2, -0.15) is 5.10 Å². The fourth-order valence-electron chi connectivity index (χ4n) is 2.32. The Kier molecular flexibility index (Phi) is 4.12. The largest absolute Gasteiger partial charge is 0.369 e. The van der Waals surface area contributed by atoms with Crippen molar-refractivity contribution < 1.29 is 4.74 Å². The Morgan fingerprint density at radius 1 is 1.47 bits per heavy atom. The molecule has 1 aliphatic carbocycles. The van der Waals surface area contributed by atoms with Gasteiger partial charge in [0.15, 0.2) is 5.82 Å². The quantitative estimate of drug-likeness (QED) is 0.866. The van der Waals surface area contributed by atoms with Gasteiger partial charge in [-0.05, 0) is 26.7 Å². The maximum Gasteiger partial charge on any atom is 0.153 e. The van der Waals surface area contributed by atoms with E-state index in [0.717, 1.165) is 18.7 Å². The van der Waals surface area contributed by atoms with Gasteiger partial charge in [-0.15, -0.1) is 0 Å². The molecule has 1 aliphatic rings. The normalized spacial score (nSPS) is 25.4. The molecule has 0 aromatic carbocycles. The minimum Gasteiger partial charge on any atom is -0.369 e.